The topological polar surface area (TPSA) is 54.2 Å². The van der Waals surface area contributed by atoms with Crippen LogP contribution in [-0.2, 0) is 4.79 Å². The maximum atomic E-state index is 10.5. The number of hydrogen-bond acceptors (Lipinski definition) is 2. The smallest absolute Gasteiger partial charge is 0.430 e. The van der Waals surface area contributed by atoms with Gasteiger partial charge >= 0.3 is 6.18 Å². The molecular weight excluding hydrogens is 151 g/mol. The summed E-state index contributed by atoms with van der Waals surface area (Å²) >= 11 is 0. The molecule has 3 nitrogen and oxygen atoms in total. The number of carboxylic acids is 1. The van der Waals surface area contributed by atoms with Crippen LogP contribution in [0.4, 0.5) is 13.2 Å². The number of carboxylic acid groups (broad SMARTS) is 1. The van der Waals surface area contributed by atoms with Crippen LogP contribution in [-0.4, -0.2) is 25.6 Å². The first-order valence-electron chi connectivity index (χ1n) is 1.86. The first kappa shape index (κ1) is 11.5. The highest BCUT2D eigenvalue weighted by Gasteiger charge is 2.28. The summed E-state index contributed by atoms with van der Waals surface area (Å²) in [7, 11) is 0. The molecule has 0 aliphatic rings. The highest BCUT2D eigenvalue weighted by Crippen LogP contribution is 2.11. The van der Waals surface area contributed by atoms with Crippen LogP contribution in [0, 0.1) is 0 Å². The summed E-state index contributed by atoms with van der Waals surface area (Å²) in [5.41, 5.74) is 0. The molecule has 0 heterocycles. The predicted octanol–water partition coefficient (Wildman–Crippen LogP) is -1.25. The molecule has 0 atom stereocenters. The molecule has 6 heteroatoms. The van der Waals surface area contributed by atoms with Crippen molar-refractivity contribution in [2.24, 2.45) is 0 Å². The summed E-state index contributed by atoms with van der Waals surface area (Å²) in [6.45, 7) is 6.00. The molecule has 0 aromatic carbocycles. The molecule has 0 saturated carbocycles. The maximum Gasteiger partial charge on any atom is 0.430 e. The number of aliphatic carboxylic acids is 1. The van der Waals surface area contributed by atoms with E-state index in [1.54, 1.807) is 0 Å². The Labute approximate surface area is 54.5 Å². The van der Waals surface area contributed by atoms with Gasteiger partial charge in [-0.25, -0.2) is 0 Å². The van der Waals surface area contributed by atoms with Crippen LogP contribution in [0.2, 0.25) is 0 Å². The Hall–Kier alpha value is -1.29. The Morgan fingerprint density at radius 3 is 1.50 bits per heavy atom. The van der Waals surface area contributed by atoms with Crippen LogP contribution in [0.25, 0.3) is 0 Å². The largest absolute Gasteiger partial charge is 0.542 e. The van der Waals surface area contributed by atoms with Gasteiger partial charge in [-0.15, -0.1) is 4.67 Å². The molecule has 0 aromatic rings. The van der Waals surface area contributed by atoms with Gasteiger partial charge in [0, 0.05) is 0 Å². The maximum absolute atomic E-state index is 10.5. The molecule has 58 valence electrons. The molecule has 10 heavy (non-hydrogen) atoms. The third kappa shape index (κ3) is 9.86. The van der Waals surface area contributed by atoms with Gasteiger partial charge in [0.2, 0.25) is 0 Å². The van der Waals surface area contributed by atoms with Gasteiger partial charge in [0.15, 0.2) is 0 Å². The summed E-state index contributed by atoms with van der Waals surface area (Å²) < 4.78 is 34.5. The van der Waals surface area contributed by atoms with Gasteiger partial charge in [-0.05, 0) is 0 Å². The summed E-state index contributed by atoms with van der Waals surface area (Å²) in [6.07, 6.45) is -5.19. The third-order valence-corrected chi connectivity index (χ3v) is 0.231. The minimum absolute atomic E-state index is 3.00. The van der Waals surface area contributed by atoms with Crippen molar-refractivity contribution >= 4 is 19.4 Å². The molecule has 0 unspecified atom stereocenters. The molecule has 0 fully saturated rings. The second kappa shape index (κ2) is 4.58. The van der Waals surface area contributed by atoms with Crippen LogP contribution in [0.5, 0.6) is 0 Å². The second-order valence-electron chi connectivity index (χ2n) is 1.01. The lowest BCUT2D eigenvalue weighted by atomic mass is 10.7. The Morgan fingerprint density at radius 2 is 1.50 bits per heavy atom. The fraction of sp³-hybridized carbons (Fsp3) is 0.250. The van der Waals surface area contributed by atoms with Gasteiger partial charge in [-0.3, -0.25) is 0 Å². The summed E-state index contributed by atoms with van der Waals surface area (Å²) in [5, 5.41) is 8.78. The summed E-state index contributed by atoms with van der Waals surface area (Å²) in [6, 6.07) is 0. The Morgan fingerprint density at radius 1 is 1.40 bits per heavy atom. The standard InChI is InChI=1S/C2HF3O2.C2H4N/c3-2(4,5)1(6)7;1-3-2/h(H,6,7);1-2H2/q;+1/p-1. The molecule has 0 aliphatic carbocycles. The van der Waals surface area contributed by atoms with Crippen LogP contribution in [0.15, 0.2) is 0 Å². The van der Waals surface area contributed by atoms with Gasteiger partial charge in [0.25, 0.3) is 13.4 Å². The van der Waals surface area contributed by atoms with Crippen molar-refractivity contribution in [3.63, 3.8) is 0 Å². The van der Waals surface area contributed by atoms with E-state index in [1.165, 1.54) is 0 Å². The highest BCUT2D eigenvalue weighted by atomic mass is 19.4. The molecule has 0 amide bonds. The van der Waals surface area contributed by atoms with Crippen LogP contribution < -0.4 is 9.77 Å². The average Bonchev–Trinajstić information content (AvgIpc) is 1.64. The lowest BCUT2D eigenvalue weighted by Gasteiger charge is -2.03. The minimum Gasteiger partial charge on any atom is -0.542 e. The van der Waals surface area contributed by atoms with E-state index in [9.17, 15) is 13.2 Å². The number of carbonyl (C=O) groups excluding carboxylic acids is 1. The van der Waals surface area contributed by atoms with Crippen molar-refractivity contribution in [3.8, 4) is 0 Å². The van der Waals surface area contributed by atoms with Crippen molar-refractivity contribution in [1.82, 2.24) is 4.67 Å². The van der Waals surface area contributed by atoms with Gasteiger partial charge in [0.1, 0.15) is 5.97 Å². The fourth-order valence-electron chi connectivity index (χ4n) is 0. The van der Waals surface area contributed by atoms with Gasteiger partial charge in [-0.2, -0.15) is 13.2 Å². The Bertz CT molecular complexity index is 145. The van der Waals surface area contributed by atoms with E-state index >= 15 is 0 Å². The predicted molar refractivity (Wildman–Crippen MR) is 27.4 cm³/mol. The normalized spacial score (nSPS) is 8.70. The molecule has 0 aromatic heterocycles. The Balaban J connectivity index is 0. The molecule has 0 aliphatic heterocycles. The first-order chi connectivity index (χ1) is 4.36. The molecule has 0 bridgehead atoms. The zero-order valence-corrected chi connectivity index (χ0v) is 4.81. The van der Waals surface area contributed by atoms with E-state index in [1.807, 2.05) is 0 Å². The van der Waals surface area contributed by atoms with E-state index in [4.69, 9.17) is 9.90 Å². The van der Waals surface area contributed by atoms with Crippen molar-refractivity contribution in [3.05, 3.63) is 0 Å². The summed E-state index contributed by atoms with van der Waals surface area (Å²) in [5.74, 6) is -3.01. The zero-order valence-electron chi connectivity index (χ0n) is 4.81. The molecule has 0 spiro atoms. The molecule has 0 N–H and O–H groups in total. The number of nitrogens with zero attached hydrogens (tertiary/aromatic N) is 1. The third-order valence-electron chi connectivity index (χ3n) is 0.231. The lowest BCUT2D eigenvalue weighted by molar-refractivity contribution is -0.344. The number of alkyl halides is 3. The Kier molecular flexibility index (Phi) is 5.26. The van der Waals surface area contributed by atoms with Crippen molar-refractivity contribution in [2.45, 2.75) is 6.18 Å². The molecule has 0 rings (SSSR count). The van der Waals surface area contributed by atoms with E-state index in [2.05, 4.69) is 18.1 Å². The van der Waals surface area contributed by atoms with E-state index < -0.39 is 12.1 Å². The van der Waals surface area contributed by atoms with Crippen LogP contribution in [0.3, 0.4) is 0 Å². The second-order valence-corrected chi connectivity index (χ2v) is 1.01. The highest BCUT2D eigenvalue weighted by molar-refractivity contribution is 5.70. The van der Waals surface area contributed by atoms with Crippen LogP contribution in [0.1, 0.15) is 0 Å². The minimum atomic E-state index is -5.19. The SMILES string of the molecule is C=[N+]=C.O=C([O-])C(F)(F)F. The molecular formula is C4H4F3NO2. The van der Waals surface area contributed by atoms with Crippen molar-refractivity contribution in [1.29, 1.82) is 0 Å². The van der Waals surface area contributed by atoms with Gasteiger partial charge in [0.05, 0.1) is 0 Å². The van der Waals surface area contributed by atoms with Crippen molar-refractivity contribution in [2.75, 3.05) is 0 Å². The van der Waals surface area contributed by atoms with E-state index in [0.717, 1.165) is 0 Å². The number of rotatable bonds is 0. The number of halogens is 3. The first-order valence-corrected chi connectivity index (χ1v) is 1.86. The fourth-order valence-corrected chi connectivity index (χ4v) is 0. The zero-order chi connectivity index (χ0) is 8.78. The number of carbonyl (C=O) groups is 1. The lowest BCUT2D eigenvalue weighted by Crippen LogP contribution is -2.37. The van der Waals surface area contributed by atoms with Crippen LogP contribution >= 0.6 is 0 Å². The van der Waals surface area contributed by atoms with Gasteiger partial charge in [-0.1, -0.05) is 0 Å². The van der Waals surface area contributed by atoms with E-state index in [0.29, 0.717) is 0 Å². The molecule has 0 radical (unpaired) electrons. The van der Waals surface area contributed by atoms with Crippen molar-refractivity contribution < 1.29 is 23.1 Å². The molecule has 0 saturated heterocycles. The summed E-state index contributed by atoms with van der Waals surface area (Å²) in [4.78, 5) is 8.78. The monoisotopic (exact) mass is 155 g/mol. The number of hydrogen-bond donors (Lipinski definition) is 0. The quantitative estimate of drug-likeness (QED) is 0.324. The van der Waals surface area contributed by atoms with Gasteiger partial charge < -0.3 is 9.90 Å². The van der Waals surface area contributed by atoms with E-state index in [-0.39, 0.29) is 0 Å². The average molecular weight is 155 g/mol.